The van der Waals surface area contributed by atoms with Crippen LogP contribution in [0.25, 0.3) is 5.69 Å². The van der Waals surface area contributed by atoms with E-state index in [2.05, 4.69) is 27.7 Å². The average Bonchev–Trinajstić information content (AvgIpc) is 3.27. The van der Waals surface area contributed by atoms with Crippen LogP contribution in [0.5, 0.6) is 5.75 Å². The quantitative estimate of drug-likeness (QED) is 0.372. The highest BCUT2D eigenvalue weighted by Crippen LogP contribution is 2.33. The summed E-state index contributed by atoms with van der Waals surface area (Å²) >= 11 is 1.33. The maximum Gasteiger partial charge on any atom is 0.214 e. The smallest absolute Gasteiger partial charge is 0.214 e. The van der Waals surface area contributed by atoms with Gasteiger partial charge in [-0.05, 0) is 53.8 Å². The van der Waals surface area contributed by atoms with Crippen molar-refractivity contribution >= 4 is 17.5 Å². The number of benzene rings is 2. The van der Waals surface area contributed by atoms with Crippen molar-refractivity contribution in [3.8, 4) is 11.4 Å². The standard InChI is InChI=1S/C23H26N4O2S/c1-2-29-22-11-7-6-10-20(22)27-23(24-25-26-27)30-16-21(28)19-14-12-18(13-15-19)17-8-4-3-5-9-17/h6-7,10-15,17H,2-5,8-9,16H2,1H3. The van der Waals surface area contributed by atoms with Crippen LogP contribution in [0.3, 0.4) is 0 Å². The summed E-state index contributed by atoms with van der Waals surface area (Å²) in [7, 11) is 0. The molecule has 0 spiro atoms. The van der Waals surface area contributed by atoms with Crippen molar-refractivity contribution in [2.24, 2.45) is 0 Å². The molecule has 0 atom stereocenters. The summed E-state index contributed by atoms with van der Waals surface area (Å²) < 4.78 is 7.30. The third kappa shape index (κ3) is 4.73. The molecule has 156 valence electrons. The lowest BCUT2D eigenvalue weighted by molar-refractivity contribution is 0.102. The number of hydrogen-bond acceptors (Lipinski definition) is 6. The number of nitrogens with zero attached hydrogens (tertiary/aromatic N) is 4. The van der Waals surface area contributed by atoms with Gasteiger partial charge < -0.3 is 4.74 Å². The number of carbonyl (C=O) groups excluding carboxylic acids is 1. The Kier molecular flexibility index (Phi) is 6.79. The predicted molar refractivity (Wildman–Crippen MR) is 118 cm³/mol. The summed E-state index contributed by atoms with van der Waals surface area (Å²) in [6.45, 7) is 2.49. The Hall–Kier alpha value is -2.67. The number of ketones is 1. The average molecular weight is 423 g/mol. The number of thioether (sulfide) groups is 1. The Labute approximate surface area is 181 Å². The highest BCUT2D eigenvalue weighted by atomic mass is 32.2. The molecule has 0 aliphatic heterocycles. The SMILES string of the molecule is CCOc1ccccc1-n1nnnc1SCC(=O)c1ccc(C2CCCCC2)cc1. The summed E-state index contributed by atoms with van der Waals surface area (Å²) in [5.41, 5.74) is 2.85. The molecule has 4 rings (SSSR count). The second kappa shape index (κ2) is 9.89. The van der Waals surface area contributed by atoms with Gasteiger partial charge in [0.2, 0.25) is 5.16 Å². The van der Waals surface area contributed by atoms with Crippen LogP contribution in [0, 0.1) is 0 Å². The lowest BCUT2D eigenvalue weighted by Crippen LogP contribution is -2.07. The molecule has 1 saturated carbocycles. The van der Waals surface area contributed by atoms with E-state index in [9.17, 15) is 4.79 Å². The van der Waals surface area contributed by atoms with Gasteiger partial charge in [-0.3, -0.25) is 4.79 Å². The van der Waals surface area contributed by atoms with Gasteiger partial charge in [0.05, 0.1) is 12.4 Å². The van der Waals surface area contributed by atoms with Crippen LogP contribution in [0.15, 0.2) is 53.7 Å². The zero-order valence-electron chi connectivity index (χ0n) is 17.2. The number of carbonyl (C=O) groups is 1. The summed E-state index contributed by atoms with van der Waals surface area (Å²) in [4.78, 5) is 12.7. The molecule has 0 bridgehead atoms. The van der Waals surface area contributed by atoms with E-state index in [4.69, 9.17) is 4.74 Å². The molecule has 3 aromatic rings. The summed E-state index contributed by atoms with van der Waals surface area (Å²) in [6, 6.07) is 15.8. The molecule has 0 radical (unpaired) electrons. The molecule has 2 aromatic carbocycles. The van der Waals surface area contributed by atoms with E-state index < -0.39 is 0 Å². The van der Waals surface area contributed by atoms with E-state index in [1.54, 1.807) is 4.68 Å². The Morgan fingerprint density at radius 3 is 2.63 bits per heavy atom. The van der Waals surface area contributed by atoms with Crippen molar-refractivity contribution in [1.82, 2.24) is 20.2 Å². The van der Waals surface area contributed by atoms with E-state index in [-0.39, 0.29) is 11.5 Å². The highest BCUT2D eigenvalue weighted by molar-refractivity contribution is 7.99. The molecule has 0 amide bonds. The number of rotatable bonds is 8. The summed E-state index contributed by atoms with van der Waals surface area (Å²) in [6.07, 6.45) is 6.48. The number of ether oxygens (including phenoxy) is 1. The van der Waals surface area contributed by atoms with Gasteiger partial charge in [-0.1, -0.05) is 67.4 Å². The van der Waals surface area contributed by atoms with Crippen LogP contribution in [0.4, 0.5) is 0 Å². The van der Waals surface area contributed by atoms with Gasteiger partial charge >= 0.3 is 0 Å². The normalized spacial score (nSPS) is 14.6. The zero-order valence-corrected chi connectivity index (χ0v) is 18.0. The van der Waals surface area contributed by atoms with E-state index in [1.165, 1.54) is 49.4 Å². The molecule has 6 nitrogen and oxygen atoms in total. The lowest BCUT2D eigenvalue weighted by atomic mass is 9.84. The first-order chi connectivity index (χ1) is 14.8. The third-order valence-electron chi connectivity index (χ3n) is 5.48. The molecule has 0 unspecified atom stereocenters. The van der Waals surface area contributed by atoms with Crippen molar-refractivity contribution in [2.75, 3.05) is 12.4 Å². The van der Waals surface area contributed by atoms with Gasteiger partial charge in [-0.15, -0.1) is 5.10 Å². The second-order valence-electron chi connectivity index (χ2n) is 7.44. The topological polar surface area (TPSA) is 69.9 Å². The minimum atomic E-state index is 0.0721. The zero-order chi connectivity index (χ0) is 20.8. The van der Waals surface area contributed by atoms with Crippen molar-refractivity contribution in [3.05, 3.63) is 59.7 Å². The molecule has 0 saturated heterocycles. The van der Waals surface area contributed by atoms with Gasteiger partial charge in [-0.25, -0.2) is 0 Å². The summed E-state index contributed by atoms with van der Waals surface area (Å²) in [5, 5.41) is 12.5. The fraction of sp³-hybridized carbons (Fsp3) is 0.391. The van der Waals surface area contributed by atoms with Crippen molar-refractivity contribution in [1.29, 1.82) is 0 Å². The molecule has 1 heterocycles. The van der Waals surface area contributed by atoms with Crippen LogP contribution in [0.1, 0.15) is 60.9 Å². The molecular formula is C23H26N4O2S. The van der Waals surface area contributed by atoms with E-state index in [1.807, 2.05) is 43.3 Å². The molecule has 1 aromatic heterocycles. The minimum absolute atomic E-state index is 0.0721. The van der Waals surface area contributed by atoms with Crippen LogP contribution in [-0.2, 0) is 0 Å². The molecule has 30 heavy (non-hydrogen) atoms. The first-order valence-electron chi connectivity index (χ1n) is 10.5. The first-order valence-corrected chi connectivity index (χ1v) is 11.5. The third-order valence-corrected chi connectivity index (χ3v) is 6.40. The maximum atomic E-state index is 12.7. The number of aromatic nitrogens is 4. The second-order valence-corrected chi connectivity index (χ2v) is 8.39. The Morgan fingerprint density at radius 1 is 1.10 bits per heavy atom. The minimum Gasteiger partial charge on any atom is -0.492 e. The highest BCUT2D eigenvalue weighted by Gasteiger charge is 2.17. The monoisotopic (exact) mass is 422 g/mol. The number of para-hydroxylation sites is 2. The lowest BCUT2D eigenvalue weighted by Gasteiger charge is -2.22. The van der Waals surface area contributed by atoms with Gasteiger partial charge in [0, 0.05) is 5.56 Å². The van der Waals surface area contributed by atoms with E-state index >= 15 is 0 Å². The fourth-order valence-corrected chi connectivity index (χ4v) is 4.70. The van der Waals surface area contributed by atoms with Gasteiger partial charge in [0.1, 0.15) is 11.4 Å². The number of hydrogen-bond donors (Lipinski definition) is 0. The molecular weight excluding hydrogens is 396 g/mol. The number of Topliss-reactive ketones (excluding diaryl/α,β-unsaturated/α-hetero) is 1. The van der Waals surface area contributed by atoms with Crippen LogP contribution < -0.4 is 4.74 Å². The van der Waals surface area contributed by atoms with Crippen LogP contribution in [0.2, 0.25) is 0 Å². The van der Waals surface area contributed by atoms with Gasteiger partial charge in [-0.2, -0.15) is 4.68 Å². The van der Waals surface area contributed by atoms with Crippen molar-refractivity contribution in [3.63, 3.8) is 0 Å². The Morgan fingerprint density at radius 2 is 1.87 bits per heavy atom. The summed E-state index contributed by atoms with van der Waals surface area (Å²) in [5.74, 6) is 1.70. The Balaban J connectivity index is 1.42. The first kappa shape index (κ1) is 20.6. The molecule has 1 aliphatic carbocycles. The maximum absolute atomic E-state index is 12.7. The van der Waals surface area contributed by atoms with Gasteiger partial charge in [0.25, 0.3) is 0 Å². The van der Waals surface area contributed by atoms with Crippen molar-refractivity contribution in [2.45, 2.75) is 50.1 Å². The molecule has 1 fully saturated rings. The number of tetrazole rings is 1. The predicted octanol–water partition coefficient (Wildman–Crippen LogP) is 5.08. The Bertz CT molecular complexity index is 981. The fourth-order valence-electron chi connectivity index (χ4n) is 3.92. The molecule has 1 aliphatic rings. The van der Waals surface area contributed by atoms with Crippen LogP contribution >= 0.6 is 11.8 Å². The van der Waals surface area contributed by atoms with Crippen LogP contribution in [-0.4, -0.2) is 38.4 Å². The largest absolute Gasteiger partial charge is 0.492 e. The molecule has 0 N–H and O–H groups in total. The van der Waals surface area contributed by atoms with Gasteiger partial charge in [0.15, 0.2) is 5.78 Å². The van der Waals surface area contributed by atoms with E-state index in [0.717, 1.165) is 11.3 Å². The van der Waals surface area contributed by atoms with Crippen molar-refractivity contribution < 1.29 is 9.53 Å². The molecule has 7 heteroatoms. The van der Waals surface area contributed by atoms with E-state index in [0.29, 0.717) is 23.4 Å².